The number of nitrogens with one attached hydrogen (secondary N) is 1. The standard InChI is InChI=1S/C12H17N5O/c13-16-7-3-1-2-4-11(16)10-8-9-5-6-14-17(9)12(18)15-10/h5-6,8,11H,1-4,7,13H2,(H,15,18). The van der Waals surface area contributed by atoms with Gasteiger partial charge < -0.3 is 4.98 Å². The van der Waals surface area contributed by atoms with E-state index in [0.717, 1.165) is 37.0 Å². The van der Waals surface area contributed by atoms with Gasteiger partial charge in [-0.25, -0.2) is 9.80 Å². The Bertz CT molecular complexity index is 602. The minimum atomic E-state index is -0.204. The second-order valence-corrected chi connectivity index (χ2v) is 4.80. The summed E-state index contributed by atoms with van der Waals surface area (Å²) in [6.07, 6.45) is 6.07. The molecule has 0 saturated carbocycles. The summed E-state index contributed by atoms with van der Waals surface area (Å²) >= 11 is 0. The Morgan fingerprint density at radius 3 is 3.17 bits per heavy atom. The molecule has 0 bridgehead atoms. The maximum atomic E-state index is 11.9. The number of nitrogens with zero attached hydrogens (tertiary/aromatic N) is 3. The van der Waals surface area contributed by atoms with E-state index in [0.29, 0.717) is 0 Å². The Balaban J connectivity index is 2.04. The van der Waals surface area contributed by atoms with Crippen LogP contribution in [-0.4, -0.2) is 26.2 Å². The van der Waals surface area contributed by atoms with Crippen molar-refractivity contribution in [2.75, 3.05) is 6.54 Å². The van der Waals surface area contributed by atoms with Gasteiger partial charge in [0.05, 0.1) is 17.8 Å². The second-order valence-electron chi connectivity index (χ2n) is 4.80. The molecule has 96 valence electrons. The van der Waals surface area contributed by atoms with Crippen LogP contribution in [0.1, 0.15) is 37.4 Å². The normalized spacial score (nSPS) is 22.2. The van der Waals surface area contributed by atoms with Crippen molar-refractivity contribution in [3.05, 3.63) is 34.5 Å². The van der Waals surface area contributed by atoms with E-state index in [-0.39, 0.29) is 11.7 Å². The Kier molecular flexibility index (Phi) is 2.89. The van der Waals surface area contributed by atoms with Crippen molar-refractivity contribution in [1.29, 1.82) is 0 Å². The lowest BCUT2D eigenvalue weighted by Gasteiger charge is -2.24. The van der Waals surface area contributed by atoms with E-state index in [1.807, 2.05) is 17.1 Å². The molecule has 1 atom stereocenters. The summed E-state index contributed by atoms with van der Waals surface area (Å²) in [5.41, 5.74) is 1.49. The number of fused-ring (bicyclic) bond motifs is 1. The lowest BCUT2D eigenvalue weighted by atomic mass is 10.1. The third-order valence-corrected chi connectivity index (χ3v) is 3.57. The molecule has 2 aromatic heterocycles. The minimum absolute atomic E-state index is 0.0973. The highest BCUT2D eigenvalue weighted by atomic mass is 16.1. The SMILES string of the molecule is NN1CCCCCC1c1cc2ccnn2c(=O)[nH]1. The molecule has 2 aromatic rings. The van der Waals surface area contributed by atoms with E-state index in [9.17, 15) is 4.79 Å². The molecule has 1 unspecified atom stereocenters. The van der Waals surface area contributed by atoms with Gasteiger partial charge >= 0.3 is 5.69 Å². The number of hydrogen-bond acceptors (Lipinski definition) is 4. The molecular formula is C12H17N5O. The van der Waals surface area contributed by atoms with Crippen molar-refractivity contribution in [3.63, 3.8) is 0 Å². The fraction of sp³-hybridized carbons (Fsp3) is 0.500. The molecule has 1 fully saturated rings. The first kappa shape index (κ1) is 11.4. The van der Waals surface area contributed by atoms with Crippen LogP contribution in [0.4, 0.5) is 0 Å². The molecule has 3 rings (SSSR count). The summed E-state index contributed by atoms with van der Waals surface area (Å²) in [4.78, 5) is 14.8. The van der Waals surface area contributed by atoms with Gasteiger partial charge in [0, 0.05) is 12.2 Å². The third-order valence-electron chi connectivity index (χ3n) is 3.57. The number of hydrogen-bond donors (Lipinski definition) is 2. The maximum Gasteiger partial charge on any atom is 0.346 e. The fourth-order valence-corrected chi connectivity index (χ4v) is 2.61. The number of aromatic nitrogens is 3. The predicted molar refractivity (Wildman–Crippen MR) is 67.9 cm³/mol. The van der Waals surface area contributed by atoms with Crippen molar-refractivity contribution >= 4 is 5.52 Å². The first-order valence-corrected chi connectivity index (χ1v) is 6.34. The first-order valence-electron chi connectivity index (χ1n) is 6.34. The monoisotopic (exact) mass is 247 g/mol. The average molecular weight is 247 g/mol. The molecule has 0 amide bonds. The molecule has 6 nitrogen and oxygen atoms in total. The van der Waals surface area contributed by atoms with E-state index in [1.165, 1.54) is 10.9 Å². The van der Waals surface area contributed by atoms with E-state index >= 15 is 0 Å². The van der Waals surface area contributed by atoms with Crippen LogP contribution in [-0.2, 0) is 0 Å². The van der Waals surface area contributed by atoms with Crippen molar-refractivity contribution in [2.24, 2.45) is 5.84 Å². The summed E-state index contributed by atoms with van der Waals surface area (Å²) in [5, 5.41) is 5.81. The van der Waals surface area contributed by atoms with Crippen molar-refractivity contribution in [2.45, 2.75) is 31.7 Å². The van der Waals surface area contributed by atoms with Gasteiger partial charge in [0.1, 0.15) is 0 Å². The van der Waals surface area contributed by atoms with Crippen LogP contribution < -0.4 is 11.5 Å². The molecule has 18 heavy (non-hydrogen) atoms. The number of rotatable bonds is 1. The molecule has 1 aliphatic heterocycles. The molecule has 1 saturated heterocycles. The Hall–Kier alpha value is -1.66. The van der Waals surface area contributed by atoms with Gasteiger partial charge in [-0.15, -0.1) is 0 Å². The molecule has 0 aliphatic carbocycles. The first-order chi connectivity index (χ1) is 8.75. The number of aromatic amines is 1. The highest BCUT2D eigenvalue weighted by Crippen LogP contribution is 2.26. The highest BCUT2D eigenvalue weighted by Gasteiger charge is 2.21. The van der Waals surface area contributed by atoms with E-state index < -0.39 is 0 Å². The lowest BCUT2D eigenvalue weighted by molar-refractivity contribution is 0.202. The summed E-state index contributed by atoms with van der Waals surface area (Å²) in [6, 6.07) is 3.89. The third kappa shape index (κ3) is 1.93. The molecular weight excluding hydrogens is 230 g/mol. The molecule has 3 heterocycles. The van der Waals surface area contributed by atoms with Crippen molar-refractivity contribution < 1.29 is 0 Å². The zero-order valence-electron chi connectivity index (χ0n) is 10.2. The van der Waals surface area contributed by atoms with Crippen LogP contribution in [0, 0.1) is 0 Å². The van der Waals surface area contributed by atoms with Gasteiger partial charge in [-0.3, -0.25) is 5.84 Å². The van der Waals surface area contributed by atoms with Gasteiger partial charge in [-0.1, -0.05) is 12.8 Å². The zero-order valence-corrected chi connectivity index (χ0v) is 10.2. The van der Waals surface area contributed by atoms with Crippen molar-refractivity contribution in [1.82, 2.24) is 19.6 Å². The molecule has 0 radical (unpaired) electrons. The molecule has 6 heteroatoms. The van der Waals surface area contributed by atoms with Gasteiger partial charge in [-0.2, -0.15) is 9.61 Å². The largest absolute Gasteiger partial charge is 0.346 e. The fourth-order valence-electron chi connectivity index (χ4n) is 2.61. The van der Waals surface area contributed by atoms with Gasteiger partial charge in [0.25, 0.3) is 0 Å². The number of nitrogens with two attached hydrogens (primary N) is 1. The second kappa shape index (κ2) is 4.55. The van der Waals surface area contributed by atoms with Crippen LogP contribution in [0.15, 0.2) is 23.1 Å². The maximum absolute atomic E-state index is 11.9. The van der Waals surface area contributed by atoms with Crippen LogP contribution in [0.5, 0.6) is 0 Å². The molecule has 0 spiro atoms. The van der Waals surface area contributed by atoms with Gasteiger partial charge in [0.2, 0.25) is 0 Å². The summed E-state index contributed by atoms with van der Waals surface area (Å²) in [5.74, 6) is 6.07. The summed E-state index contributed by atoms with van der Waals surface area (Å²) in [7, 11) is 0. The zero-order chi connectivity index (χ0) is 12.5. The molecule has 3 N–H and O–H groups in total. The molecule has 0 aromatic carbocycles. The number of H-pyrrole nitrogens is 1. The number of hydrazine groups is 1. The highest BCUT2D eigenvalue weighted by molar-refractivity contribution is 5.46. The smallest absolute Gasteiger partial charge is 0.308 e. The van der Waals surface area contributed by atoms with E-state index in [4.69, 9.17) is 5.84 Å². The van der Waals surface area contributed by atoms with Crippen LogP contribution in [0.2, 0.25) is 0 Å². The van der Waals surface area contributed by atoms with E-state index in [2.05, 4.69) is 10.1 Å². The topological polar surface area (TPSA) is 79.4 Å². The van der Waals surface area contributed by atoms with Gasteiger partial charge in [-0.05, 0) is 25.0 Å². The Labute approximate surface area is 104 Å². The van der Waals surface area contributed by atoms with Crippen molar-refractivity contribution in [3.8, 4) is 0 Å². The Morgan fingerprint density at radius 1 is 1.39 bits per heavy atom. The van der Waals surface area contributed by atoms with Gasteiger partial charge in [0.15, 0.2) is 0 Å². The quantitative estimate of drug-likeness (QED) is 0.731. The molecule has 1 aliphatic rings. The predicted octanol–water partition coefficient (Wildman–Crippen LogP) is 0.813. The summed E-state index contributed by atoms with van der Waals surface area (Å²) < 4.78 is 1.36. The minimum Gasteiger partial charge on any atom is -0.308 e. The average Bonchev–Trinajstić information content (AvgIpc) is 2.72. The van der Waals surface area contributed by atoms with Crippen LogP contribution in [0.3, 0.4) is 0 Å². The van der Waals surface area contributed by atoms with E-state index in [1.54, 1.807) is 6.20 Å². The Morgan fingerprint density at radius 2 is 2.28 bits per heavy atom. The lowest BCUT2D eigenvalue weighted by Crippen LogP contribution is -2.36. The van der Waals surface area contributed by atoms with Crippen LogP contribution >= 0.6 is 0 Å². The van der Waals surface area contributed by atoms with Crippen LogP contribution in [0.25, 0.3) is 5.52 Å². The summed E-state index contributed by atoms with van der Waals surface area (Å²) in [6.45, 7) is 0.872.